The Hall–Kier alpha value is -2.70. The van der Waals surface area contributed by atoms with E-state index in [1.165, 1.54) is 6.92 Å². The lowest BCUT2D eigenvalue weighted by atomic mass is 9.81. The summed E-state index contributed by atoms with van der Waals surface area (Å²) in [6.45, 7) is 3.42. The van der Waals surface area contributed by atoms with E-state index in [1.807, 2.05) is 6.92 Å². The van der Waals surface area contributed by atoms with Gasteiger partial charge in [0.2, 0.25) is 11.8 Å². The SMILES string of the molecule is CCOc1ccc(C(=O)COC(=O)[C@H](C)N2C(=O)[C@@H]3CCCC[C@H]3C2=O)cc1. The molecule has 1 aromatic rings. The molecule has 1 aromatic carbocycles. The van der Waals surface area contributed by atoms with Crippen molar-refractivity contribution in [3.05, 3.63) is 29.8 Å². The van der Waals surface area contributed by atoms with Crippen LogP contribution in [0.5, 0.6) is 5.75 Å². The van der Waals surface area contributed by atoms with Crippen LogP contribution in [0.1, 0.15) is 49.9 Å². The highest BCUT2D eigenvalue weighted by molar-refractivity contribution is 6.08. The second-order valence-electron chi connectivity index (χ2n) is 7.21. The van der Waals surface area contributed by atoms with Gasteiger partial charge in [-0.25, -0.2) is 4.79 Å². The highest BCUT2D eigenvalue weighted by atomic mass is 16.5. The molecule has 7 nitrogen and oxygen atoms in total. The van der Waals surface area contributed by atoms with Crippen LogP contribution in [0.25, 0.3) is 0 Å². The van der Waals surface area contributed by atoms with Gasteiger partial charge in [-0.1, -0.05) is 12.8 Å². The second kappa shape index (κ2) is 8.54. The first-order valence-corrected chi connectivity index (χ1v) is 9.73. The Labute approximate surface area is 164 Å². The third-order valence-corrected chi connectivity index (χ3v) is 5.44. The van der Waals surface area contributed by atoms with Gasteiger partial charge >= 0.3 is 5.97 Å². The minimum atomic E-state index is -1.03. The number of fused-ring (bicyclic) bond motifs is 1. The van der Waals surface area contributed by atoms with Gasteiger partial charge in [-0.15, -0.1) is 0 Å². The van der Waals surface area contributed by atoms with Crippen LogP contribution in [0, 0.1) is 11.8 Å². The fourth-order valence-corrected chi connectivity index (χ4v) is 3.92. The number of Topliss-reactive ketones (excluding diaryl/α,β-unsaturated/α-hetero) is 1. The molecule has 1 saturated heterocycles. The van der Waals surface area contributed by atoms with Gasteiger partial charge in [0.15, 0.2) is 12.4 Å². The van der Waals surface area contributed by atoms with Crippen LogP contribution < -0.4 is 4.74 Å². The Balaban J connectivity index is 1.57. The molecular formula is C21H25NO6. The van der Waals surface area contributed by atoms with Gasteiger partial charge in [-0.05, 0) is 51.0 Å². The van der Waals surface area contributed by atoms with E-state index in [1.54, 1.807) is 24.3 Å². The molecule has 0 bridgehead atoms. The number of benzene rings is 1. The molecule has 1 heterocycles. The van der Waals surface area contributed by atoms with Crippen molar-refractivity contribution in [1.29, 1.82) is 0 Å². The van der Waals surface area contributed by atoms with Crippen LogP contribution in [0.3, 0.4) is 0 Å². The van der Waals surface area contributed by atoms with Crippen LogP contribution >= 0.6 is 0 Å². The first-order chi connectivity index (χ1) is 13.4. The smallest absolute Gasteiger partial charge is 0.329 e. The zero-order valence-corrected chi connectivity index (χ0v) is 16.2. The van der Waals surface area contributed by atoms with E-state index in [9.17, 15) is 19.2 Å². The summed E-state index contributed by atoms with van der Waals surface area (Å²) in [6, 6.07) is 5.51. The largest absolute Gasteiger partial charge is 0.494 e. The summed E-state index contributed by atoms with van der Waals surface area (Å²) >= 11 is 0. The molecule has 3 rings (SSSR count). The van der Waals surface area contributed by atoms with E-state index in [0.717, 1.165) is 17.7 Å². The maximum atomic E-state index is 12.6. The molecule has 28 heavy (non-hydrogen) atoms. The number of likely N-dealkylation sites (tertiary alicyclic amines) is 1. The standard InChI is InChI=1S/C21H25NO6/c1-3-27-15-10-8-14(9-11-15)18(23)12-28-21(26)13(2)22-19(24)16-6-4-5-7-17(16)20(22)25/h8-11,13,16-17H,3-7,12H2,1-2H3/t13-,16+,17+/m0/s1. The first kappa shape index (κ1) is 20.0. The zero-order chi connectivity index (χ0) is 20.3. The molecule has 2 amide bonds. The molecule has 0 aromatic heterocycles. The maximum Gasteiger partial charge on any atom is 0.329 e. The van der Waals surface area contributed by atoms with E-state index >= 15 is 0 Å². The second-order valence-corrected chi connectivity index (χ2v) is 7.21. The molecule has 0 unspecified atom stereocenters. The van der Waals surface area contributed by atoms with Crippen molar-refractivity contribution in [3.63, 3.8) is 0 Å². The molecule has 0 spiro atoms. The van der Waals surface area contributed by atoms with Crippen LogP contribution in [0.2, 0.25) is 0 Å². The van der Waals surface area contributed by atoms with Crippen LogP contribution in [0.15, 0.2) is 24.3 Å². The van der Waals surface area contributed by atoms with Crippen molar-refractivity contribution < 1.29 is 28.7 Å². The van der Waals surface area contributed by atoms with E-state index in [0.29, 0.717) is 30.8 Å². The van der Waals surface area contributed by atoms with Gasteiger partial charge in [0.05, 0.1) is 18.4 Å². The number of carbonyl (C=O) groups excluding carboxylic acids is 4. The van der Waals surface area contributed by atoms with Gasteiger partial charge < -0.3 is 9.47 Å². The van der Waals surface area contributed by atoms with Gasteiger partial charge in [0.1, 0.15) is 11.8 Å². The van der Waals surface area contributed by atoms with Gasteiger partial charge in [0.25, 0.3) is 0 Å². The molecule has 2 fully saturated rings. The predicted octanol–water partition coefficient (Wildman–Crippen LogP) is 2.37. The lowest BCUT2D eigenvalue weighted by molar-refractivity contribution is -0.157. The monoisotopic (exact) mass is 387 g/mol. The summed E-state index contributed by atoms with van der Waals surface area (Å²) < 4.78 is 10.4. The number of esters is 1. The van der Waals surface area contributed by atoms with E-state index in [2.05, 4.69) is 0 Å². The molecule has 7 heteroatoms. The number of amides is 2. The van der Waals surface area contributed by atoms with Crippen LogP contribution in [0.4, 0.5) is 0 Å². The molecule has 1 saturated carbocycles. The summed E-state index contributed by atoms with van der Waals surface area (Å²) in [5.41, 5.74) is 0.392. The van der Waals surface area contributed by atoms with Crippen molar-refractivity contribution >= 4 is 23.6 Å². The lowest BCUT2D eigenvalue weighted by Gasteiger charge is -2.21. The van der Waals surface area contributed by atoms with Crippen molar-refractivity contribution in [3.8, 4) is 5.75 Å². The Morgan fingerprint density at radius 1 is 1.07 bits per heavy atom. The summed E-state index contributed by atoms with van der Waals surface area (Å²) in [6.07, 6.45) is 3.21. The number of carbonyl (C=O) groups is 4. The van der Waals surface area contributed by atoms with Gasteiger partial charge in [0, 0.05) is 5.56 Å². The summed E-state index contributed by atoms with van der Waals surface area (Å²) in [5, 5.41) is 0. The van der Waals surface area contributed by atoms with E-state index in [-0.39, 0.29) is 29.4 Å². The quantitative estimate of drug-likeness (QED) is 0.405. The van der Waals surface area contributed by atoms with Crippen LogP contribution in [-0.2, 0) is 19.1 Å². The van der Waals surface area contributed by atoms with Crippen molar-refractivity contribution in [2.24, 2.45) is 11.8 Å². The number of ketones is 1. The number of hydrogen-bond acceptors (Lipinski definition) is 6. The van der Waals surface area contributed by atoms with E-state index < -0.39 is 18.6 Å². The minimum absolute atomic E-state index is 0.294. The van der Waals surface area contributed by atoms with E-state index in [4.69, 9.17) is 9.47 Å². The molecule has 0 radical (unpaired) electrons. The molecule has 1 aliphatic heterocycles. The Morgan fingerprint density at radius 2 is 1.64 bits per heavy atom. The number of hydrogen-bond donors (Lipinski definition) is 0. The number of imide groups is 1. The van der Waals surface area contributed by atoms with Crippen molar-refractivity contribution in [2.75, 3.05) is 13.2 Å². The normalized spacial score (nSPS) is 22.6. The highest BCUT2D eigenvalue weighted by Gasteiger charge is 2.51. The molecule has 0 N–H and O–H groups in total. The lowest BCUT2D eigenvalue weighted by Crippen LogP contribution is -2.44. The predicted molar refractivity (Wildman–Crippen MR) is 99.7 cm³/mol. The van der Waals surface area contributed by atoms with Crippen molar-refractivity contribution in [2.45, 2.75) is 45.6 Å². The number of nitrogens with zero attached hydrogens (tertiary/aromatic N) is 1. The van der Waals surface area contributed by atoms with Crippen molar-refractivity contribution in [1.82, 2.24) is 4.90 Å². The Kier molecular flexibility index (Phi) is 6.11. The van der Waals surface area contributed by atoms with Crippen LogP contribution in [-0.4, -0.2) is 47.7 Å². The molecule has 2 aliphatic rings. The fraction of sp³-hybridized carbons (Fsp3) is 0.524. The average Bonchev–Trinajstić information content (AvgIpc) is 2.97. The third-order valence-electron chi connectivity index (χ3n) is 5.44. The highest BCUT2D eigenvalue weighted by Crippen LogP contribution is 2.38. The fourth-order valence-electron chi connectivity index (χ4n) is 3.92. The molecule has 1 aliphatic carbocycles. The Bertz CT molecular complexity index is 748. The van der Waals surface area contributed by atoms with Gasteiger partial charge in [-0.3, -0.25) is 19.3 Å². The minimum Gasteiger partial charge on any atom is -0.494 e. The summed E-state index contributed by atoms with van der Waals surface area (Å²) in [4.78, 5) is 50.7. The number of ether oxygens (including phenoxy) is 2. The average molecular weight is 387 g/mol. The summed E-state index contributed by atoms with van der Waals surface area (Å²) in [5.74, 6) is -1.69. The molecule has 150 valence electrons. The first-order valence-electron chi connectivity index (χ1n) is 9.73. The van der Waals surface area contributed by atoms with Gasteiger partial charge in [-0.2, -0.15) is 0 Å². The maximum absolute atomic E-state index is 12.6. The zero-order valence-electron chi connectivity index (χ0n) is 16.2. The topological polar surface area (TPSA) is 90.0 Å². The summed E-state index contributed by atoms with van der Waals surface area (Å²) in [7, 11) is 0. The Morgan fingerprint density at radius 3 is 2.18 bits per heavy atom. The molecule has 3 atom stereocenters. The number of rotatable bonds is 7. The molecular weight excluding hydrogens is 362 g/mol. The third kappa shape index (κ3) is 3.93.